The fourth-order valence-electron chi connectivity index (χ4n) is 5.47. The Morgan fingerprint density at radius 3 is 2.56 bits per heavy atom. The van der Waals surface area contributed by atoms with Crippen molar-refractivity contribution < 1.29 is 24.5 Å². The number of anilines is 1. The van der Waals surface area contributed by atoms with Crippen LogP contribution in [0.1, 0.15) is 62.1 Å². The third-order valence-electron chi connectivity index (χ3n) is 7.96. The van der Waals surface area contributed by atoms with Gasteiger partial charge >= 0.3 is 5.97 Å². The maximum atomic E-state index is 13.2. The number of benzene rings is 2. The molecule has 1 amide bonds. The number of hydrogen-bond acceptors (Lipinski definition) is 5. The molecule has 2 aliphatic rings. The number of allylic oxidation sites excluding steroid dienone is 1. The number of amides is 1. The van der Waals surface area contributed by atoms with Crippen molar-refractivity contribution in [3.63, 3.8) is 0 Å². The molecule has 0 radical (unpaired) electrons. The van der Waals surface area contributed by atoms with Gasteiger partial charge in [0, 0.05) is 31.7 Å². The van der Waals surface area contributed by atoms with E-state index in [1.54, 1.807) is 25.2 Å². The van der Waals surface area contributed by atoms with Gasteiger partial charge in [0.2, 0.25) is 5.91 Å². The van der Waals surface area contributed by atoms with Crippen molar-refractivity contribution in [2.75, 3.05) is 31.6 Å². The van der Waals surface area contributed by atoms with Crippen molar-refractivity contribution in [2.45, 2.75) is 64.1 Å². The Hall–Kier alpha value is -3.03. The minimum Gasteiger partial charge on any atom is -0.487 e. The topological polar surface area (TPSA) is 90.3 Å². The summed E-state index contributed by atoms with van der Waals surface area (Å²) in [5, 5.41) is 22.6. The number of rotatable bonds is 1. The monoisotopic (exact) mass is 554 g/mol. The Morgan fingerprint density at radius 2 is 1.79 bits per heavy atom. The zero-order chi connectivity index (χ0) is 28.0. The average molecular weight is 555 g/mol. The third kappa shape index (κ3) is 6.59. The second-order valence-electron chi connectivity index (χ2n) is 10.7. The van der Waals surface area contributed by atoms with Gasteiger partial charge in [-0.1, -0.05) is 42.3 Å². The van der Waals surface area contributed by atoms with E-state index in [1.165, 1.54) is 17.4 Å². The lowest BCUT2D eigenvalue weighted by molar-refractivity contribution is -0.172. The number of carbonyl (C=O) groups excluding carboxylic acids is 1. The highest BCUT2D eigenvalue weighted by molar-refractivity contribution is 6.30. The molecule has 7 nitrogen and oxygen atoms in total. The molecule has 2 aromatic carbocycles. The molecule has 2 aliphatic heterocycles. The summed E-state index contributed by atoms with van der Waals surface area (Å²) in [7, 11) is 1.63. The first kappa shape index (κ1) is 29.0. The third-order valence-corrected chi connectivity index (χ3v) is 8.19. The van der Waals surface area contributed by atoms with Crippen LogP contribution < -0.4 is 9.64 Å². The standard InChI is InChI=1S/C31H39ClN2O5/c1-22-29(35)33(2)16-8-5-3-4-6-9-17-34-18-10-7-11-23-19-26(32)14-12-24(23)21-39-28-15-13-25(20-27(28)34)31(22,38)30(36)37/h5,8,12-15,19-20,22,38H,3-4,6-7,9-11,16-18,21H2,1-2H3,(H,36,37)/b8-5+/t22-,31+/m1/s1. The summed E-state index contributed by atoms with van der Waals surface area (Å²) in [5.74, 6) is -2.47. The number of likely N-dealkylation sites (N-methyl/N-ethyl adjacent to an activating group) is 1. The molecule has 0 saturated heterocycles. The molecule has 0 aliphatic carbocycles. The first-order chi connectivity index (χ1) is 18.7. The maximum Gasteiger partial charge on any atom is 0.341 e. The Morgan fingerprint density at radius 1 is 1.03 bits per heavy atom. The highest BCUT2D eigenvalue weighted by atomic mass is 35.5. The number of nitrogens with zero attached hydrogens (tertiary/aromatic N) is 2. The number of fused-ring (bicyclic) bond motifs is 2. The van der Waals surface area contributed by atoms with E-state index in [0.717, 1.165) is 69.3 Å². The van der Waals surface area contributed by atoms with E-state index >= 15 is 0 Å². The van der Waals surface area contributed by atoms with E-state index in [2.05, 4.69) is 11.0 Å². The lowest BCUT2D eigenvalue weighted by atomic mass is 9.81. The lowest BCUT2D eigenvalue weighted by Gasteiger charge is -2.34. The second-order valence-corrected chi connectivity index (χ2v) is 11.1. The molecule has 0 unspecified atom stereocenters. The molecule has 210 valence electrons. The van der Waals surface area contributed by atoms with Crippen LogP contribution in [0.25, 0.3) is 0 Å². The maximum absolute atomic E-state index is 13.2. The molecule has 0 aromatic heterocycles. The highest BCUT2D eigenvalue weighted by Crippen LogP contribution is 2.39. The van der Waals surface area contributed by atoms with Crippen molar-refractivity contribution in [1.82, 2.24) is 4.90 Å². The van der Waals surface area contributed by atoms with E-state index in [0.29, 0.717) is 23.9 Å². The molecule has 2 aromatic rings. The van der Waals surface area contributed by atoms with Crippen molar-refractivity contribution in [3.8, 4) is 5.75 Å². The zero-order valence-electron chi connectivity index (χ0n) is 22.9. The fraction of sp³-hybridized carbons (Fsp3) is 0.484. The van der Waals surface area contributed by atoms with E-state index in [1.807, 2.05) is 24.3 Å². The van der Waals surface area contributed by atoms with Gasteiger partial charge in [0.05, 0.1) is 11.6 Å². The van der Waals surface area contributed by atoms with Crippen molar-refractivity contribution >= 4 is 29.2 Å². The Labute approximate surface area is 236 Å². The molecule has 2 N–H and O–H groups in total. The summed E-state index contributed by atoms with van der Waals surface area (Å²) in [6.07, 6.45) is 10.8. The number of aryl methyl sites for hydroxylation is 1. The van der Waals surface area contributed by atoms with Crippen LogP contribution in [0, 0.1) is 5.92 Å². The average Bonchev–Trinajstić information content (AvgIpc) is 2.95. The number of hydrogen-bond donors (Lipinski definition) is 2. The summed E-state index contributed by atoms with van der Waals surface area (Å²) in [6.45, 7) is 3.73. The van der Waals surface area contributed by atoms with Gasteiger partial charge in [-0.25, -0.2) is 4.79 Å². The number of carboxylic acids is 1. The molecule has 0 saturated carbocycles. The molecule has 4 rings (SSSR count). The largest absolute Gasteiger partial charge is 0.487 e. The molecular weight excluding hydrogens is 516 g/mol. The normalized spacial score (nSPS) is 24.2. The number of carboxylic acid groups (broad SMARTS) is 1. The number of ether oxygens (including phenoxy) is 1. The Balaban J connectivity index is 1.79. The predicted molar refractivity (Wildman–Crippen MR) is 153 cm³/mol. The predicted octanol–water partition coefficient (Wildman–Crippen LogP) is 5.56. The van der Waals surface area contributed by atoms with Crippen LogP contribution in [0.4, 0.5) is 5.69 Å². The van der Waals surface area contributed by atoms with Gasteiger partial charge in [-0.15, -0.1) is 0 Å². The van der Waals surface area contributed by atoms with Gasteiger partial charge in [-0.05, 0) is 86.4 Å². The quantitative estimate of drug-likeness (QED) is 0.449. The summed E-state index contributed by atoms with van der Waals surface area (Å²) in [6, 6.07) is 10.9. The van der Waals surface area contributed by atoms with Crippen molar-refractivity contribution in [2.24, 2.45) is 5.92 Å². The summed E-state index contributed by atoms with van der Waals surface area (Å²) < 4.78 is 6.35. The summed E-state index contributed by atoms with van der Waals surface area (Å²) in [4.78, 5) is 29.5. The van der Waals surface area contributed by atoms with Crippen molar-refractivity contribution in [3.05, 3.63) is 70.3 Å². The van der Waals surface area contributed by atoms with Crippen LogP contribution >= 0.6 is 11.6 Å². The molecule has 2 bridgehead atoms. The van der Waals surface area contributed by atoms with Crippen LogP contribution in [-0.4, -0.2) is 53.7 Å². The number of carbonyl (C=O) groups is 2. The minimum atomic E-state index is -2.40. The lowest BCUT2D eigenvalue weighted by Crippen LogP contribution is -2.49. The highest BCUT2D eigenvalue weighted by Gasteiger charge is 2.48. The fourth-order valence-corrected chi connectivity index (χ4v) is 5.66. The molecule has 8 heteroatoms. The van der Waals surface area contributed by atoms with E-state index < -0.39 is 23.4 Å². The number of aliphatic hydroxyl groups is 1. The van der Waals surface area contributed by atoms with E-state index in [9.17, 15) is 19.8 Å². The Bertz CT molecular complexity index is 1220. The SMILES string of the molecule is C[C@@H]1C(=O)N(C)C/C=C/CCCCCN2CCCCc3cc(Cl)ccc3COc3ccc(cc32)[C@]1(O)C(=O)O. The van der Waals surface area contributed by atoms with Gasteiger partial charge in [0.15, 0.2) is 5.60 Å². The van der Waals surface area contributed by atoms with Gasteiger partial charge in [-0.2, -0.15) is 0 Å². The molecule has 0 spiro atoms. The molecule has 39 heavy (non-hydrogen) atoms. The van der Waals surface area contributed by atoms with Crippen LogP contribution in [-0.2, 0) is 28.2 Å². The Kier molecular flexibility index (Phi) is 9.57. The van der Waals surface area contributed by atoms with Crippen LogP contribution in [0.3, 0.4) is 0 Å². The van der Waals surface area contributed by atoms with Crippen LogP contribution in [0.15, 0.2) is 48.6 Å². The van der Waals surface area contributed by atoms with Crippen molar-refractivity contribution in [1.29, 1.82) is 0 Å². The van der Waals surface area contributed by atoms with E-state index in [4.69, 9.17) is 16.3 Å². The number of halogens is 1. The molecule has 0 fully saturated rings. The smallest absolute Gasteiger partial charge is 0.341 e. The second kappa shape index (κ2) is 12.9. The minimum absolute atomic E-state index is 0.168. The zero-order valence-corrected chi connectivity index (χ0v) is 23.6. The molecule has 2 heterocycles. The van der Waals surface area contributed by atoms with Crippen LogP contribution in [0.5, 0.6) is 5.75 Å². The van der Waals surface area contributed by atoms with Gasteiger partial charge in [0.25, 0.3) is 0 Å². The van der Waals surface area contributed by atoms with Gasteiger partial charge < -0.3 is 24.7 Å². The first-order valence-electron chi connectivity index (χ1n) is 13.9. The molecular formula is C31H39ClN2O5. The van der Waals surface area contributed by atoms with E-state index in [-0.39, 0.29) is 5.56 Å². The van der Waals surface area contributed by atoms with Gasteiger partial charge in [0.1, 0.15) is 12.4 Å². The summed E-state index contributed by atoms with van der Waals surface area (Å²) >= 11 is 6.28. The first-order valence-corrected chi connectivity index (χ1v) is 14.2. The number of aliphatic carboxylic acids is 1. The van der Waals surface area contributed by atoms with Crippen LogP contribution in [0.2, 0.25) is 5.02 Å². The van der Waals surface area contributed by atoms with Gasteiger partial charge in [-0.3, -0.25) is 4.79 Å². The summed E-state index contributed by atoms with van der Waals surface area (Å²) in [5.41, 5.74) is 0.743. The molecule has 2 atom stereocenters.